The zero-order chi connectivity index (χ0) is 26.1. The first kappa shape index (κ1) is 27.9. The van der Waals surface area contributed by atoms with E-state index >= 15 is 0 Å². The average Bonchev–Trinajstić information content (AvgIpc) is 2.79. The van der Waals surface area contributed by atoms with Gasteiger partial charge in [-0.15, -0.1) is 0 Å². The maximum absolute atomic E-state index is 14.1. The number of halogens is 8. The van der Waals surface area contributed by atoms with Gasteiger partial charge in [-0.25, -0.2) is 35.1 Å². The standard InChI is InChI=1S/C20H18F8O6/c21-8-2-10(23)16(27)14(25)6(8)1-12(30)18(32)20(34,19(33)13(31)5-29)4-7-9(22)3-11(24)17(28)15(7)26/h2-3,12-13,18-19,29-34H,1,4-5H2/t12?,13-,18+,19+,20+/m0/s1. The lowest BCUT2D eigenvalue weighted by Crippen LogP contribution is -2.62. The van der Waals surface area contributed by atoms with Crippen molar-refractivity contribution < 1.29 is 65.8 Å². The van der Waals surface area contributed by atoms with Crippen LogP contribution in [0.3, 0.4) is 0 Å². The molecule has 190 valence electrons. The Balaban J connectivity index is 2.53. The monoisotopic (exact) mass is 506 g/mol. The Bertz CT molecular complexity index is 1050. The molecule has 0 spiro atoms. The lowest BCUT2D eigenvalue weighted by atomic mass is 9.78. The highest BCUT2D eigenvalue weighted by molar-refractivity contribution is 5.27. The molecular formula is C20H18F8O6. The maximum Gasteiger partial charge on any atom is 0.194 e. The summed E-state index contributed by atoms with van der Waals surface area (Å²) in [6, 6.07) is -0.257. The van der Waals surface area contributed by atoms with Crippen molar-refractivity contribution in [3.05, 3.63) is 69.8 Å². The molecule has 6 N–H and O–H groups in total. The predicted octanol–water partition coefficient (Wildman–Crippen LogP) is 0.752. The summed E-state index contributed by atoms with van der Waals surface area (Å²) in [7, 11) is 0. The van der Waals surface area contributed by atoms with E-state index in [0.717, 1.165) is 0 Å². The molecule has 14 heteroatoms. The molecular weight excluding hydrogens is 488 g/mol. The first-order valence-electron chi connectivity index (χ1n) is 9.36. The van der Waals surface area contributed by atoms with E-state index < -0.39 is 107 Å². The zero-order valence-corrected chi connectivity index (χ0v) is 16.8. The summed E-state index contributed by atoms with van der Waals surface area (Å²) >= 11 is 0. The van der Waals surface area contributed by atoms with Crippen LogP contribution in [-0.4, -0.2) is 67.3 Å². The highest BCUT2D eigenvalue weighted by atomic mass is 19.2. The average molecular weight is 506 g/mol. The highest BCUT2D eigenvalue weighted by Gasteiger charge is 2.50. The molecule has 0 aromatic heterocycles. The molecule has 2 rings (SSSR count). The van der Waals surface area contributed by atoms with Crippen LogP contribution < -0.4 is 0 Å². The minimum absolute atomic E-state index is 0.102. The molecule has 0 aliphatic rings. The van der Waals surface area contributed by atoms with Crippen LogP contribution >= 0.6 is 0 Å². The Morgan fingerprint density at radius 1 is 0.618 bits per heavy atom. The van der Waals surface area contributed by atoms with Gasteiger partial charge in [0, 0.05) is 36.1 Å². The maximum atomic E-state index is 14.1. The van der Waals surface area contributed by atoms with E-state index in [9.17, 15) is 60.7 Å². The van der Waals surface area contributed by atoms with Crippen molar-refractivity contribution in [2.45, 2.75) is 42.9 Å². The Hall–Kier alpha value is -2.36. The number of hydrogen-bond donors (Lipinski definition) is 6. The van der Waals surface area contributed by atoms with Crippen molar-refractivity contribution in [3.63, 3.8) is 0 Å². The minimum Gasteiger partial charge on any atom is -0.394 e. The van der Waals surface area contributed by atoms with Gasteiger partial charge in [0.2, 0.25) is 0 Å². The molecule has 0 saturated heterocycles. The van der Waals surface area contributed by atoms with E-state index in [0.29, 0.717) is 0 Å². The first-order valence-corrected chi connectivity index (χ1v) is 9.36. The van der Waals surface area contributed by atoms with Crippen LogP contribution in [0, 0.1) is 46.5 Å². The summed E-state index contributed by atoms with van der Waals surface area (Å²) in [5, 5.41) is 60.3. The van der Waals surface area contributed by atoms with Crippen LogP contribution in [-0.2, 0) is 12.8 Å². The molecule has 0 radical (unpaired) electrons. The van der Waals surface area contributed by atoms with Crippen molar-refractivity contribution in [2.75, 3.05) is 6.61 Å². The number of aliphatic hydroxyl groups excluding tert-OH is 5. The number of benzene rings is 2. The Labute approximate surface area is 185 Å². The Kier molecular flexibility index (Phi) is 8.61. The van der Waals surface area contributed by atoms with Crippen molar-refractivity contribution in [1.29, 1.82) is 0 Å². The lowest BCUT2D eigenvalue weighted by Gasteiger charge is -2.40. The van der Waals surface area contributed by atoms with E-state index in [1.54, 1.807) is 0 Å². The third kappa shape index (κ3) is 5.16. The Morgan fingerprint density at radius 2 is 1.03 bits per heavy atom. The lowest BCUT2D eigenvalue weighted by molar-refractivity contribution is -0.204. The summed E-state index contributed by atoms with van der Waals surface area (Å²) in [5.74, 6) is -16.2. The third-order valence-corrected chi connectivity index (χ3v) is 5.23. The van der Waals surface area contributed by atoms with Crippen molar-refractivity contribution in [1.82, 2.24) is 0 Å². The topological polar surface area (TPSA) is 121 Å². The van der Waals surface area contributed by atoms with Crippen molar-refractivity contribution in [3.8, 4) is 0 Å². The molecule has 2 aromatic carbocycles. The van der Waals surface area contributed by atoms with Crippen molar-refractivity contribution >= 4 is 0 Å². The molecule has 0 bridgehead atoms. The summed E-state index contributed by atoms with van der Waals surface area (Å²) in [5.41, 5.74) is -6.31. The molecule has 6 nitrogen and oxygen atoms in total. The van der Waals surface area contributed by atoms with E-state index in [4.69, 9.17) is 5.11 Å². The quantitative estimate of drug-likeness (QED) is 0.170. The van der Waals surface area contributed by atoms with Gasteiger partial charge in [0.25, 0.3) is 0 Å². The van der Waals surface area contributed by atoms with Gasteiger partial charge < -0.3 is 30.6 Å². The van der Waals surface area contributed by atoms with Gasteiger partial charge >= 0.3 is 0 Å². The molecule has 2 aromatic rings. The first-order chi connectivity index (χ1) is 15.7. The van der Waals surface area contributed by atoms with E-state index in [1.165, 1.54) is 0 Å². The SMILES string of the molecule is OC[C@H](O)[C@@H](O)[C@@](O)(Cc1c(F)cc(F)c(F)c1F)[C@H](O)C(O)Cc1c(F)cc(F)c(F)c1F. The summed E-state index contributed by atoms with van der Waals surface area (Å²) in [4.78, 5) is 0. The van der Waals surface area contributed by atoms with Crippen LogP contribution in [0.15, 0.2) is 12.1 Å². The van der Waals surface area contributed by atoms with Crippen LogP contribution in [0.25, 0.3) is 0 Å². The van der Waals surface area contributed by atoms with E-state index in [2.05, 4.69) is 0 Å². The van der Waals surface area contributed by atoms with Crippen LogP contribution in [0.4, 0.5) is 35.1 Å². The molecule has 0 aliphatic heterocycles. The van der Waals surface area contributed by atoms with E-state index in [-0.39, 0.29) is 12.1 Å². The van der Waals surface area contributed by atoms with Gasteiger partial charge in [0.15, 0.2) is 34.9 Å². The van der Waals surface area contributed by atoms with Crippen LogP contribution in [0.1, 0.15) is 11.1 Å². The Morgan fingerprint density at radius 3 is 1.50 bits per heavy atom. The summed E-state index contributed by atoms with van der Waals surface area (Å²) < 4.78 is 109. The van der Waals surface area contributed by atoms with Gasteiger partial charge in [-0.1, -0.05) is 0 Å². The molecule has 0 amide bonds. The van der Waals surface area contributed by atoms with Crippen LogP contribution in [0.5, 0.6) is 0 Å². The highest BCUT2D eigenvalue weighted by Crippen LogP contribution is 2.31. The van der Waals surface area contributed by atoms with Gasteiger partial charge in [-0.3, -0.25) is 0 Å². The molecule has 0 saturated carbocycles. The molecule has 0 aliphatic carbocycles. The van der Waals surface area contributed by atoms with E-state index in [1.807, 2.05) is 0 Å². The van der Waals surface area contributed by atoms with Crippen molar-refractivity contribution in [2.24, 2.45) is 0 Å². The molecule has 1 unspecified atom stereocenters. The second kappa shape index (κ2) is 10.5. The fraction of sp³-hybridized carbons (Fsp3) is 0.400. The number of aliphatic hydroxyl groups is 6. The summed E-state index contributed by atoms with van der Waals surface area (Å²) in [6.45, 7) is -1.33. The van der Waals surface area contributed by atoms with Crippen LogP contribution in [0.2, 0.25) is 0 Å². The van der Waals surface area contributed by atoms with Gasteiger partial charge in [-0.05, 0) is 0 Å². The summed E-state index contributed by atoms with van der Waals surface area (Å²) in [6.07, 6.45) is -13.7. The third-order valence-electron chi connectivity index (χ3n) is 5.23. The van der Waals surface area contributed by atoms with Gasteiger partial charge in [-0.2, -0.15) is 0 Å². The normalized spacial score (nSPS) is 17.2. The number of hydrogen-bond acceptors (Lipinski definition) is 6. The second-order valence-electron chi connectivity index (χ2n) is 7.47. The second-order valence-corrected chi connectivity index (χ2v) is 7.47. The zero-order valence-electron chi connectivity index (χ0n) is 16.8. The largest absolute Gasteiger partial charge is 0.394 e. The molecule has 0 heterocycles. The predicted molar refractivity (Wildman–Crippen MR) is 96.0 cm³/mol. The fourth-order valence-corrected chi connectivity index (χ4v) is 3.31. The number of rotatable bonds is 9. The molecule has 0 fully saturated rings. The minimum atomic E-state index is -3.49. The van der Waals surface area contributed by atoms with Gasteiger partial charge in [0.1, 0.15) is 35.5 Å². The van der Waals surface area contributed by atoms with Gasteiger partial charge in [0.05, 0.1) is 12.7 Å². The molecule has 34 heavy (non-hydrogen) atoms. The smallest absolute Gasteiger partial charge is 0.194 e. The molecule has 5 atom stereocenters. The fourth-order valence-electron chi connectivity index (χ4n) is 3.31.